The van der Waals surface area contributed by atoms with E-state index in [2.05, 4.69) is 121 Å². The van der Waals surface area contributed by atoms with E-state index in [4.69, 9.17) is 0 Å². The maximum atomic E-state index is 3.46. The van der Waals surface area contributed by atoms with Crippen molar-refractivity contribution in [2.45, 2.75) is 0 Å². The van der Waals surface area contributed by atoms with Gasteiger partial charge in [0, 0.05) is 0 Å². The van der Waals surface area contributed by atoms with E-state index in [0.29, 0.717) is 0 Å². The molecule has 0 amide bonds. The lowest BCUT2D eigenvalue weighted by Gasteiger charge is -2.17. The van der Waals surface area contributed by atoms with Gasteiger partial charge in [-0.15, -0.1) is 0 Å². The minimum absolute atomic E-state index is 1.16. The lowest BCUT2D eigenvalue weighted by atomic mass is 9.85. The number of fused-ring (bicyclic) bond motifs is 2. The van der Waals surface area contributed by atoms with Crippen LogP contribution in [0.25, 0.3) is 33.0 Å². The second-order valence-electron chi connectivity index (χ2n) is 7.65. The van der Waals surface area contributed by atoms with Crippen LogP contribution in [-0.4, -0.2) is 0 Å². The zero-order valence-corrected chi connectivity index (χ0v) is 16.5. The van der Waals surface area contributed by atoms with E-state index in [0.717, 1.165) is 5.39 Å². The van der Waals surface area contributed by atoms with Gasteiger partial charge in [0.15, 0.2) is 0 Å². The maximum absolute atomic E-state index is 3.46. The number of benzene rings is 5. The first-order valence-electron chi connectivity index (χ1n) is 10.3. The largest absolute Gasteiger partial charge is 0.0622 e. The predicted octanol–water partition coefficient (Wildman–Crippen LogP) is 7.63. The molecule has 0 heterocycles. The van der Waals surface area contributed by atoms with Crippen LogP contribution in [0.1, 0.15) is 22.3 Å². The topological polar surface area (TPSA) is 0 Å². The van der Waals surface area contributed by atoms with Gasteiger partial charge in [-0.05, 0) is 61.4 Å². The van der Waals surface area contributed by atoms with Crippen molar-refractivity contribution in [1.29, 1.82) is 0 Å². The fraction of sp³-hybridized carbons (Fsp3) is 0. The van der Waals surface area contributed by atoms with E-state index in [-0.39, 0.29) is 0 Å². The summed E-state index contributed by atoms with van der Waals surface area (Å²) in [6, 6.07) is 44.6. The third kappa shape index (κ3) is 2.54. The van der Waals surface area contributed by atoms with Crippen molar-refractivity contribution >= 4 is 21.9 Å². The normalized spacial score (nSPS) is 12.5. The van der Waals surface area contributed by atoms with Crippen LogP contribution in [0, 0.1) is 6.07 Å². The Hall–Kier alpha value is -3.90. The van der Waals surface area contributed by atoms with E-state index >= 15 is 0 Å². The summed E-state index contributed by atoms with van der Waals surface area (Å²) in [5.41, 5.74) is 10.1. The zero-order valence-electron chi connectivity index (χ0n) is 16.5. The molecular formula is C30H19. The van der Waals surface area contributed by atoms with Gasteiger partial charge >= 0.3 is 0 Å². The first-order valence-corrected chi connectivity index (χ1v) is 10.3. The minimum Gasteiger partial charge on any atom is -0.0622 e. The molecule has 139 valence electrons. The smallest absolute Gasteiger partial charge is 0.00199 e. The monoisotopic (exact) mass is 379 g/mol. The molecule has 0 saturated heterocycles. The Labute approximate surface area is 176 Å². The van der Waals surface area contributed by atoms with Crippen molar-refractivity contribution in [3.8, 4) is 11.1 Å². The molecule has 0 atom stereocenters. The van der Waals surface area contributed by atoms with Crippen LogP contribution < -0.4 is 0 Å². The van der Waals surface area contributed by atoms with Crippen molar-refractivity contribution in [1.82, 2.24) is 0 Å². The van der Waals surface area contributed by atoms with Gasteiger partial charge in [-0.25, -0.2) is 0 Å². The first-order chi connectivity index (χ1) is 14.9. The van der Waals surface area contributed by atoms with Gasteiger partial charge in [0.25, 0.3) is 0 Å². The molecule has 0 fully saturated rings. The summed E-state index contributed by atoms with van der Waals surface area (Å²) >= 11 is 0. The highest BCUT2D eigenvalue weighted by molar-refractivity contribution is 6.17. The highest BCUT2D eigenvalue weighted by Gasteiger charge is 2.24. The van der Waals surface area contributed by atoms with Crippen molar-refractivity contribution in [3.05, 3.63) is 144 Å². The number of hydrogen-bond acceptors (Lipinski definition) is 0. The SMILES string of the molecule is [c]1ccc2c3c(cccc13)-c1ccccc1C(c1ccccc1)=C2c1ccccc1. The van der Waals surface area contributed by atoms with Crippen LogP contribution in [0.15, 0.2) is 115 Å². The molecule has 5 aromatic rings. The number of hydrogen-bond donors (Lipinski definition) is 0. The maximum Gasteiger partial charge on any atom is -0.00199 e. The standard InChI is InChI=1S/C30H19/c1-3-11-22(12-4-1)29-26-18-8-7-17-24(26)25-19-9-15-21-16-10-20-27(28(21)25)30(29)23-13-5-2-6-14-23/h1-15,17-20H. The molecule has 6 rings (SSSR count). The third-order valence-electron chi connectivity index (χ3n) is 5.95. The molecule has 0 heteroatoms. The Kier molecular flexibility index (Phi) is 3.89. The Morgan fingerprint density at radius 1 is 0.400 bits per heavy atom. The summed E-state index contributed by atoms with van der Waals surface area (Å²) in [6.45, 7) is 0. The molecule has 0 aromatic heterocycles. The molecule has 0 aliphatic heterocycles. The summed E-state index contributed by atoms with van der Waals surface area (Å²) in [6.07, 6.45) is 0. The fourth-order valence-corrected chi connectivity index (χ4v) is 4.71. The van der Waals surface area contributed by atoms with Gasteiger partial charge in [0.1, 0.15) is 0 Å². The van der Waals surface area contributed by atoms with Gasteiger partial charge in [-0.1, -0.05) is 115 Å². The Bertz CT molecular complexity index is 1400. The highest BCUT2D eigenvalue weighted by Crippen LogP contribution is 2.47. The van der Waals surface area contributed by atoms with E-state index < -0.39 is 0 Å². The molecule has 1 radical (unpaired) electrons. The molecular weight excluding hydrogens is 360 g/mol. The lowest BCUT2D eigenvalue weighted by Crippen LogP contribution is -1.96. The average Bonchev–Trinajstić information content (AvgIpc) is 2.95. The Morgan fingerprint density at radius 2 is 0.967 bits per heavy atom. The van der Waals surface area contributed by atoms with Crippen LogP contribution in [0.4, 0.5) is 0 Å². The van der Waals surface area contributed by atoms with Crippen LogP contribution in [-0.2, 0) is 0 Å². The fourth-order valence-electron chi connectivity index (χ4n) is 4.71. The van der Waals surface area contributed by atoms with Gasteiger partial charge in [0.05, 0.1) is 0 Å². The molecule has 0 nitrogen and oxygen atoms in total. The summed E-state index contributed by atoms with van der Waals surface area (Å²) in [5.74, 6) is 0. The molecule has 1 aliphatic rings. The van der Waals surface area contributed by atoms with Crippen molar-refractivity contribution in [2.24, 2.45) is 0 Å². The Morgan fingerprint density at radius 3 is 1.67 bits per heavy atom. The van der Waals surface area contributed by atoms with Gasteiger partial charge in [-0.3, -0.25) is 0 Å². The molecule has 1 aliphatic carbocycles. The summed E-state index contributed by atoms with van der Waals surface area (Å²) < 4.78 is 0. The summed E-state index contributed by atoms with van der Waals surface area (Å²) in [5, 5.41) is 2.43. The van der Waals surface area contributed by atoms with E-state index in [9.17, 15) is 0 Å². The van der Waals surface area contributed by atoms with Crippen LogP contribution in [0.2, 0.25) is 0 Å². The average molecular weight is 379 g/mol. The molecule has 0 unspecified atom stereocenters. The van der Waals surface area contributed by atoms with Crippen molar-refractivity contribution < 1.29 is 0 Å². The van der Waals surface area contributed by atoms with Crippen molar-refractivity contribution in [3.63, 3.8) is 0 Å². The molecule has 0 saturated carbocycles. The lowest BCUT2D eigenvalue weighted by molar-refractivity contribution is 1.53. The molecule has 0 bridgehead atoms. The summed E-state index contributed by atoms with van der Waals surface area (Å²) in [7, 11) is 0. The van der Waals surface area contributed by atoms with Gasteiger partial charge in [-0.2, -0.15) is 0 Å². The van der Waals surface area contributed by atoms with Gasteiger partial charge < -0.3 is 0 Å². The van der Waals surface area contributed by atoms with E-state index in [1.165, 1.54) is 49.9 Å². The minimum atomic E-state index is 1.16. The predicted molar refractivity (Wildman–Crippen MR) is 126 cm³/mol. The van der Waals surface area contributed by atoms with Crippen molar-refractivity contribution in [2.75, 3.05) is 0 Å². The van der Waals surface area contributed by atoms with Crippen LogP contribution in [0.3, 0.4) is 0 Å². The second-order valence-corrected chi connectivity index (χ2v) is 7.65. The molecule has 30 heavy (non-hydrogen) atoms. The highest BCUT2D eigenvalue weighted by atomic mass is 14.3. The van der Waals surface area contributed by atoms with E-state index in [1.807, 2.05) is 0 Å². The molecule has 5 aromatic carbocycles. The zero-order chi connectivity index (χ0) is 19.9. The third-order valence-corrected chi connectivity index (χ3v) is 5.95. The van der Waals surface area contributed by atoms with Gasteiger partial charge in [0.2, 0.25) is 0 Å². The first kappa shape index (κ1) is 17.0. The van der Waals surface area contributed by atoms with Crippen LogP contribution in [0.5, 0.6) is 0 Å². The quantitative estimate of drug-likeness (QED) is 0.290. The molecule has 0 spiro atoms. The summed E-state index contributed by atoms with van der Waals surface area (Å²) in [4.78, 5) is 0. The van der Waals surface area contributed by atoms with Crippen LogP contribution >= 0.6 is 0 Å². The number of rotatable bonds is 2. The Balaban J connectivity index is 1.88. The molecule has 0 N–H and O–H groups in total. The van der Waals surface area contributed by atoms with E-state index in [1.54, 1.807) is 0 Å². The second kappa shape index (κ2) is 6.86.